The van der Waals surface area contributed by atoms with Crippen molar-refractivity contribution in [2.45, 2.75) is 0 Å². The Kier molecular flexibility index (Phi) is 3.50. The van der Waals surface area contributed by atoms with Gasteiger partial charge in [0.2, 0.25) is 0 Å². The summed E-state index contributed by atoms with van der Waals surface area (Å²) in [5, 5.41) is 1.53. The number of hydrogen-bond donors (Lipinski definition) is 0. The van der Waals surface area contributed by atoms with Crippen LogP contribution >= 0.6 is 0 Å². The van der Waals surface area contributed by atoms with Crippen LogP contribution in [0.3, 0.4) is 0 Å². The van der Waals surface area contributed by atoms with Crippen molar-refractivity contribution >= 4 is 32.3 Å². The smallest absolute Gasteiger partial charge is 0.0622 e. The molecule has 0 radical (unpaired) electrons. The lowest BCUT2D eigenvalue weighted by Crippen LogP contribution is -1.90. The van der Waals surface area contributed by atoms with Crippen molar-refractivity contribution in [3.05, 3.63) is 170 Å². The second-order valence-corrected chi connectivity index (χ2v) is 9.93. The third-order valence-corrected chi connectivity index (χ3v) is 7.60. The summed E-state index contributed by atoms with van der Waals surface area (Å²) >= 11 is 0. The molecule has 0 spiro atoms. The molecular formula is C42H28. The van der Waals surface area contributed by atoms with Crippen LogP contribution in [0.4, 0.5) is 0 Å². The van der Waals surface area contributed by atoms with Crippen molar-refractivity contribution in [2.24, 2.45) is 0 Å². The topological polar surface area (TPSA) is 0 Å². The average molecular weight is 546 g/mol. The van der Waals surface area contributed by atoms with Crippen molar-refractivity contribution in [1.29, 1.82) is 0 Å². The van der Waals surface area contributed by atoms with Crippen LogP contribution < -0.4 is 0 Å². The standard InChI is InChI=1S/C42H28/c1-2-13-31(14-3-1)41-37-19-6-8-21-39(37)42(40-22-9-7-20-38(40)41)32-26-24-29(25-27-32)33-16-10-17-34(28-33)36-23-11-15-30-12-4-5-18-35(30)36/h1-28H/i1D,2D,3D,6D,7D,8D,9D,13D,14D,19D,20D,21D,22D. The zero-order chi connectivity index (χ0) is 39.2. The highest BCUT2D eigenvalue weighted by Crippen LogP contribution is 2.43. The zero-order valence-corrected chi connectivity index (χ0v) is 22.2. The van der Waals surface area contributed by atoms with Gasteiger partial charge in [-0.3, -0.25) is 0 Å². The Morgan fingerprint density at radius 1 is 0.333 bits per heavy atom. The Morgan fingerprint density at radius 2 is 0.857 bits per heavy atom. The lowest BCUT2D eigenvalue weighted by atomic mass is 9.85. The van der Waals surface area contributed by atoms with Crippen LogP contribution in [0.25, 0.3) is 76.8 Å². The van der Waals surface area contributed by atoms with Gasteiger partial charge in [0.15, 0.2) is 0 Å². The van der Waals surface area contributed by atoms with Crippen LogP contribution in [0.1, 0.15) is 17.8 Å². The first-order chi connectivity index (χ1) is 26.2. The molecule has 0 aliphatic heterocycles. The van der Waals surface area contributed by atoms with Gasteiger partial charge in [-0.1, -0.05) is 163 Å². The molecule has 8 rings (SSSR count). The van der Waals surface area contributed by atoms with E-state index in [-0.39, 0.29) is 32.7 Å². The highest BCUT2D eigenvalue weighted by Gasteiger charge is 2.16. The number of rotatable bonds is 4. The Labute approximate surface area is 264 Å². The second-order valence-electron chi connectivity index (χ2n) is 9.93. The summed E-state index contributed by atoms with van der Waals surface area (Å²) in [7, 11) is 0. The van der Waals surface area contributed by atoms with Gasteiger partial charge in [-0.2, -0.15) is 0 Å². The van der Waals surface area contributed by atoms with E-state index in [1.54, 1.807) is 12.1 Å². The molecule has 0 atom stereocenters. The highest BCUT2D eigenvalue weighted by molar-refractivity contribution is 6.21. The zero-order valence-electron chi connectivity index (χ0n) is 35.2. The molecule has 0 saturated heterocycles. The van der Waals surface area contributed by atoms with E-state index in [1.165, 1.54) is 0 Å². The maximum Gasteiger partial charge on any atom is 0.0629 e. The highest BCUT2D eigenvalue weighted by atomic mass is 14.2. The van der Waals surface area contributed by atoms with Gasteiger partial charge in [-0.15, -0.1) is 0 Å². The number of hydrogen-bond acceptors (Lipinski definition) is 0. The fraction of sp³-hybridized carbons (Fsp3) is 0. The molecule has 0 nitrogen and oxygen atoms in total. The average Bonchev–Trinajstić information content (AvgIpc) is 3.21. The maximum atomic E-state index is 9.16. The summed E-state index contributed by atoms with van der Waals surface area (Å²) in [4.78, 5) is 0. The molecule has 0 amide bonds. The minimum absolute atomic E-state index is 0.0937. The molecule has 0 aromatic heterocycles. The van der Waals surface area contributed by atoms with Crippen LogP contribution in [0.5, 0.6) is 0 Å². The number of fused-ring (bicyclic) bond motifs is 3. The SMILES string of the molecule is [2H]c1c([2H])c([2H])c(-c2c3c([2H])c([2H])c([2H])c([2H])c3c(-c3ccc(-c4cccc(-c5cccc6ccccc56)c4)cc3)c3c([2H])c([2H])c([2H])c([2H])c23)c([2H])c1[2H]. The third-order valence-electron chi connectivity index (χ3n) is 7.60. The lowest BCUT2D eigenvalue weighted by Gasteiger charge is -2.18. The summed E-state index contributed by atoms with van der Waals surface area (Å²) < 4.78 is 114. The van der Waals surface area contributed by atoms with Gasteiger partial charge in [0, 0.05) is 0 Å². The fourth-order valence-electron chi connectivity index (χ4n) is 5.71. The van der Waals surface area contributed by atoms with Crippen LogP contribution in [0.15, 0.2) is 170 Å². The van der Waals surface area contributed by atoms with Crippen LogP contribution in [-0.2, 0) is 0 Å². The normalized spacial score (nSPS) is 15.7. The first-order valence-corrected chi connectivity index (χ1v) is 13.5. The molecule has 0 aliphatic carbocycles. The molecule has 0 heteroatoms. The molecule has 0 bridgehead atoms. The van der Waals surface area contributed by atoms with Crippen molar-refractivity contribution in [3.8, 4) is 44.5 Å². The molecular weight excluding hydrogens is 504 g/mol. The van der Waals surface area contributed by atoms with Gasteiger partial charge in [-0.05, 0) is 82.9 Å². The molecule has 0 heterocycles. The second kappa shape index (κ2) is 10.2. The van der Waals surface area contributed by atoms with Gasteiger partial charge in [0.25, 0.3) is 0 Å². The van der Waals surface area contributed by atoms with Crippen molar-refractivity contribution in [3.63, 3.8) is 0 Å². The summed E-state index contributed by atoms with van der Waals surface area (Å²) in [6.45, 7) is 0. The predicted octanol–water partition coefficient (Wildman–Crippen LogP) is 11.8. The van der Waals surface area contributed by atoms with Gasteiger partial charge in [-0.25, -0.2) is 0 Å². The minimum Gasteiger partial charge on any atom is -0.0622 e. The van der Waals surface area contributed by atoms with E-state index >= 15 is 0 Å². The van der Waals surface area contributed by atoms with E-state index in [9.17, 15) is 0 Å². The molecule has 42 heavy (non-hydrogen) atoms. The van der Waals surface area contributed by atoms with Gasteiger partial charge in [0.05, 0.1) is 17.8 Å². The molecule has 0 aliphatic rings. The van der Waals surface area contributed by atoms with Crippen molar-refractivity contribution < 1.29 is 17.8 Å². The summed E-state index contributed by atoms with van der Waals surface area (Å²) in [6.07, 6.45) is 0. The van der Waals surface area contributed by atoms with E-state index in [0.717, 1.165) is 33.0 Å². The molecule has 8 aromatic rings. The molecule has 0 fully saturated rings. The van der Waals surface area contributed by atoms with Crippen LogP contribution in [0, 0.1) is 0 Å². The third kappa shape index (κ3) is 4.08. The Morgan fingerprint density at radius 3 is 1.55 bits per heavy atom. The van der Waals surface area contributed by atoms with E-state index < -0.39 is 84.1 Å². The van der Waals surface area contributed by atoms with Crippen LogP contribution in [-0.4, -0.2) is 0 Å². The Balaban J connectivity index is 1.45. The molecule has 196 valence electrons. The minimum atomic E-state index is -0.705. The van der Waals surface area contributed by atoms with E-state index in [2.05, 4.69) is 30.3 Å². The van der Waals surface area contributed by atoms with E-state index in [4.69, 9.17) is 17.8 Å². The van der Waals surface area contributed by atoms with Crippen LogP contribution in [0.2, 0.25) is 0 Å². The Hall–Kier alpha value is -5.46. The number of benzene rings is 8. The van der Waals surface area contributed by atoms with Gasteiger partial charge >= 0.3 is 0 Å². The summed E-state index contributed by atoms with van der Waals surface area (Å²) in [6, 6.07) is 21.2. The monoisotopic (exact) mass is 545 g/mol. The molecule has 8 aromatic carbocycles. The fourth-order valence-corrected chi connectivity index (χ4v) is 5.71. The first kappa shape index (κ1) is 14.4. The van der Waals surface area contributed by atoms with E-state index in [1.807, 2.05) is 48.5 Å². The van der Waals surface area contributed by atoms with Crippen molar-refractivity contribution in [2.75, 3.05) is 0 Å². The Bertz CT molecular complexity index is 2840. The van der Waals surface area contributed by atoms with Crippen molar-refractivity contribution in [1.82, 2.24) is 0 Å². The molecule has 0 N–H and O–H groups in total. The quantitative estimate of drug-likeness (QED) is 0.193. The largest absolute Gasteiger partial charge is 0.0629 e. The van der Waals surface area contributed by atoms with Gasteiger partial charge < -0.3 is 0 Å². The van der Waals surface area contributed by atoms with E-state index in [0.29, 0.717) is 5.56 Å². The lowest BCUT2D eigenvalue weighted by molar-refractivity contribution is 1.60. The summed E-state index contributed by atoms with van der Waals surface area (Å²) in [5.41, 5.74) is 3.52. The maximum absolute atomic E-state index is 9.16. The summed E-state index contributed by atoms with van der Waals surface area (Å²) in [5.74, 6) is 0. The molecule has 0 unspecified atom stereocenters. The molecule has 0 saturated carbocycles. The van der Waals surface area contributed by atoms with Gasteiger partial charge in [0.1, 0.15) is 0 Å². The predicted molar refractivity (Wildman–Crippen MR) is 181 cm³/mol. The first-order valence-electron chi connectivity index (χ1n) is 20.0.